The lowest BCUT2D eigenvalue weighted by Gasteiger charge is -2.01. The van der Waals surface area contributed by atoms with E-state index >= 15 is 0 Å². The Labute approximate surface area is 103 Å². The van der Waals surface area contributed by atoms with Gasteiger partial charge >= 0.3 is 0 Å². The van der Waals surface area contributed by atoms with Crippen molar-refractivity contribution in [2.24, 2.45) is 0 Å². The molecule has 2 rings (SSSR count). The Hall–Kier alpha value is -1.95. The first-order valence-corrected chi connectivity index (χ1v) is 5.95. The molecule has 0 unspecified atom stereocenters. The zero-order chi connectivity index (χ0) is 12.3. The lowest BCUT2D eigenvalue weighted by molar-refractivity contribution is 0.0959. The monoisotopic (exact) mass is 248 g/mol. The maximum Gasteiger partial charge on any atom is 0.270 e. The number of aromatic nitrogens is 2. The number of hydrogen-bond donors (Lipinski definition) is 2. The highest BCUT2D eigenvalue weighted by Crippen LogP contribution is 2.19. The number of hydrogen-bond acceptors (Lipinski definition) is 5. The average molecular weight is 248 g/mol. The van der Waals surface area contributed by atoms with E-state index in [1.165, 1.54) is 11.3 Å². The summed E-state index contributed by atoms with van der Waals surface area (Å²) in [5.74, 6) is 0.536. The van der Waals surface area contributed by atoms with E-state index in [-0.39, 0.29) is 5.91 Å². The summed E-state index contributed by atoms with van der Waals surface area (Å²) in [4.78, 5) is 19.8. The van der Waals surface area contributed by atoms with Gasteiger partial charge < -0.3 is 10.6 Å². The van der Waals surface area contributed by atoms with Gasteiger partial charge in [-0.25, -0.2) is 9.97 Å². The van der Waals surface area contributed by atoms with Crippen LogP contribution in [0.25, 0.3) is 0 Å². The third-order valence-electron chi connectivity index (χ3n) is 2.09. The molecule has 88 valence electrons. The molecule has 0 bridgehead atoms. The molecule has 0 aliphatic heterocycles. The second-order valence-corrected chi connectivity index (χ2v) is 4.26. The molecule has 0 aliphatic carbocycles. The van der Waals surface area contributed by atoms with Crippen LogP contribution < -0.4 is 10.6 Å². The first-order chi connectivity index (χ1) is 8.19. The first kappa shape index (κ1) is 11.5. The molecule has 2 N–H and O–H groups in total. The number of amides is 1. The summed E-state index contributed by atoms with van der Waals surface area (Å²) in [7, 11) is 1.58. The van der Waals surface area contributed by atoms with Crippen molar-refractivity contribution in [3.05, 3.63) is 35.0 Å². The van der Waals surface area contributed by atoms with Crippen molar-refractivity contribution in [3.63, 3.8) is 0 Å². The van der Waals surface area contributed by atoms with Gasteiger partial charge in [0.05, 0.1) is 0 Å². The number of carbonyl (C=O) groups excluding carboxylic acids is 1. The normalized spacial score (nSPS) is 10.0. The second-order valence-electron chi connectivity index (χ2n) is 3.41. The summed E-state index contributed by atoms with van der Waals surface area (Å²) in [6.45, 7) is 1.92. The summed E-state index contributed by atoms with van der Waals surface area (Å²) in [6.07, 6.45) is 0. The minimum absolute atomic E-state index is 0.188. The zero-order valence-electron chi connectivity index (χ0n) is 9.52. The molecule has 1 amide bonds. The summed E-state index contributed by atoms with van der Waals surface area (Å²) < 4.78 is 0. The highest BCUT2D eigenvalue weighted by Gasteiger charge is 2.08. The van der Waals surface area contributed by atoms with E-state index in [2.05, 4.69) is 20.6 Å². The highest BCUT2D eigenvalue weighted by molar-refractivity contribution is 7.14. The van der Waals surface area contributed by atoms with Gasteiger partial charge in [-0.1, -0.05) is 6.07 Å². The second kappa shape index (κ2) is 4.92. The van der Waals surface area contributed by atoms with Crippen LogP contribution in [0.5, 0.6) is 0 Å². The smallest absolute Gasteiger partial charge is 0.270 e. The molecule has 0 aromatic carbocycles. The van der Waals surface area contributed by atoms with Crippen molar-refractivity contribution in [2.45, 2.75) is 6.92 Å². The van der Waals surface area contributed by atoms with Crippen molar-refractivity contribution in [2.75, 3.05) is 12.4 Å². The minimum Gasteiger partial charge on any atom is -0.354 e. The van der Waals surface area contributed by atoms with Crippen molar-refractivity contribution in [3.8, 4) is 0 Å². The lowest BCUT2D eigenvalue weighted by atomic mass is 10.4. The first-order valence-electron chi connectivity index (χ1n) is 5.07. The number of carbonyl (C=O) groups is 1. The number of anilines is 2. The molecule has 2 aromatic rings. The summed E-state index contributed by atoms with van der Waals surface area (Å²) in [6, 6.07) is 5.69. The Balaban J connectivity index is 2.14. The van der Waals surface area contributed by atoms with Gasteiger partial charge in [-0.3, -0.25) is 4.79 Å². The molecule has 0 saturated heterocycles. The number of thiazole rings is 1. The molecule has 0 saturated carbocycles. The Morgan fingerprint density at radius 1 is 1.35 bits per heavy atom. The van der Waals surface area contributed by atoms with Gasteiger partial charge in [0.2, 0.25) is 0 Å². The fraction of sp³-hybridized carbons (Fsp3) is 0.182. The van der Waals surface area contributed by atoms with Gasteiger partial charge in [0.1, 0.15) is 11.5 Å². The lowest BCUT2D eigenvalue weighted by Crippen LogP contribution is -2.18. The van der Waals surface area contributed by atoms with Crippen molar-refractivity contribution in [1.82, 2.24) is 15.3 Å². The Morgan fingerprint density at radius 2 is 2.18 bits per heavy atom. The van der Waals surface area contributed by atoms with Crippen LogP contribution in [0, 0.1) is 6.92 Å². The van der Waals surface area contributed by atoms with Crippen molar-refractivity contribution >= 4 is 28.2 Å². The molecule has 0 atom stereocenters. The van der Waals surface area contributed by atoms with Gasteiger partial charge in [-0.05, 0) is 19.1 Å². The molecule has 0 spiro atoms. The van der Waals surface area contributed by atoms with Crippen molar-refractivity contribution in [1.29, 1.82) is 0 Å². The van der Waals surface area contributed by atoms with Crippen LogP contribution in [0.2, 0.25) is 0 Å². The molecule has 17 heavy (non-hydrogen) atoms. The van der Waals surface area contributed by atoms with Gasteiger partial charge in [0.15, 0.2) is 5.13 Å². The Morgan fingerprint density at radius 3 is 2.88 bits per heavy atom. The number of nitrogens with zero attached hydrogens (tertiary/aromatic N) is 2. The Kier molecular flexibility index (Phi) is 3.34. The van der Waals surface area contributed by atoms with Crippen LogP contribution >= 0.6 is 11.3 Å². The van der Waals surface area contributed by atoms with E-state index < -0.39 is 0 Å². The topological polar surface area (TPSA) is 66.9 Å². The molecular weight excluding hydrogens is 236 g/mol. The molecule has 0 aliphatic rings. The molecular formula is C11H12N4OS. The van der Waals surface area contributed by atoms with Crippen LogP contribution in [-0.2, 0) is 0 Å². The number of pyridine rings is 1. The minimum atomic E-state index is -0.188. The van der Waals surface area contributed by atoms with E-state index in [0.29, 0.717) is 10.8 Å². The predicted molar refractivity (Wildman–Crippen MR) is 67.8 cm³/mol. The van der Waals surface area contributed by atoms with Crippen molar-refractivity contribution < 1.29 is 4.79 Å². The van der Waals surface area contributed by atoms with Crippen LogP contribution in [0.15, 0.2) is 23.6 Å². The fourth-order valence-electron chi connectivity index (χ4n) is 1.29. The van der Waals surface area contributed by atoms with Crippen LogP contribution in [0.4, 0.5) is 10.9 Å². The standard InChI is InChI=1S/C11H12N4OS/c1-7-4-3-5-9(13-7)15-11-14-8(6-17-11)10(16)12-2/h3-6H,1-2H3,(H,12,16)(H,13,14,15). The van der Waals surface area contributed by atoms with Gasteiger partial charge in [0.25, 0.3) is 5.91 Å². The molecule has 0 fully saturated rings. The van der Waals surface area contributed by atoms with Gasteiger partial charge in [-0.15, -0.1) is 11.3 Å². The third-order valence-corrected chi connectivity index (χ3v) is 2.84. The van der Waals surface area contributed by atoms with E-state index in [1.54, 1.807) is 12.4 Å². The fourth-order valence-corrected chi connectivity index (χ4v) is 1.98. The summed E-state index contributed by atoms with van der Waals surface area (Å²) in [5, 5.41) is 7.95. The van der Waals surface area contributed by atoms with Crippen LogP contribution in [0.1, 0.15) is 16.2 Å². The van der Waals surface area contributed by atoms with E-state index in [1.807, 2.05) is 25.1 Å². The SMILES string of the molecule is CNC(=O)c1csc(Nc2cccc(C)n2)n1. The number of rotatable bonds is 3. The highest BCUT2D eigenvalue weighted by atomic mass is 32.1. The molecule has 6 heteroatoms. The third kappa shape index (κ3) is 2.79. The average Bonchev–Trinajstić information content (AvgIpc) is 2.76. The molecule has 2 heterocycles. The molecule has 5 nitrogen and oxygen atoms in total. The van der Waals surface area contributed by atoms with Gasteiger partial charge in [-0.2, -0.15) is 0 Å². The summed E-state index contributed by atoms with van der Waals surface area (Å²) >= 11 is 1.37. The molecule has 2 aromatic heterocycles. The molecule has 0 radical (unpaired) electrons. The van der Waals surface area contributed by atoms with E-state index in [9.17, 15) is 4.79 Å². The quantitative estimate of drug-likeness (QED) is 0.871. The van der Waals surface area contributed by atoms with Crippen LogP contribution in [0.3, 0.4) is 0 Å². The number of nitrogens with one attached hydrogen (secondary N) is 2. The largest absolute Gasteiger partial charge is 0.354 e. The van der Waals surface area contributed by atoms with E-state index in [0.717, 1.165) is 11.5 Å². The van der Waals surface area contributed by atoms with Gasteiger partial charge in [0, 0.05) is 18.1 Å². The maximum absolute atomic E-state index is 11.3. The number of aryl methyl sites for hydroxylation is 1. The Bertz CT molecular complexity index is 538. The predicted octanol–water partition coefficient (Wildman–Crippen LogP) is 1.95. The van der Waals surface area contributed by atoms with E-state index in [4.69, 9.17) is 0 Å². The summed E-state index contributed by atoms with van der Waals surface area (Å²) in [5.41, 5.74) is 1.34. The zero-order valence-corrected chi connectivity index (χ0v) is 10.3. The maximum atomic E-state index is 11.3. The van der Waals surface area contributed by atoms with Crippen LogP contribution in [-0.4, -0.2) is 22.9 Å².